The fourth-order valence-electron chi connectivity index (χ4n) is 1.77. The van der Waals surface area contributed by atoms with E-state index in [1.54, 1.807) is 23.0 Å². The highest BCUT2D eigenvalue weighted by molar-refractivity contribution is 6.30. The molecule has 1 heterocycles. The van der Waals surface area contributed by atoms with Gasteiger partial charge in [-0.15, -0.1) is 0 Å². The number of hydrogen-bond donors (Lipinski definition) is 1. The lowest BCUT2D eigenvalue weighted by molar-refractivity contribution is -0.136. The Morgan fingerprint density at radius 2 is 2.11 bits per heavy atom. The number of ether oxygens (including phenoxy) is 1. The summed E-state index contributed by atoms with van der Waals surface area (Å²) in [5.74, 6) is -0.301. The lowest BCUT2D eigenvalue weighted by Gasteiger charge is -2.07. The number of rotatable bonds is 5. The highest BCUT2D eigenvalue weighted by Crippen LogP contribution is 2.24. The number of halogens is 1. The van der Waals surface area contributed by atoms with E-state index in [1.807, 2.05) is 12.1 Å². The summed E-state index contributed by atoms with van der Waals surface area (Å²) in [6, 6.07) is 7.15. The summed E-state index contributed by atoms with van der Waals surface area (Å²) >= 11 is 5.84. The largest absolute Gasteiger partial charge is 0.481 e. The predicted molar refractivity (Wildman–Crippen MR) is 71.1 cm³/mol. The fraction of sp³-hybridized carbons (Fsp3) is 0.231. The molecule has 0 radical (unpaired) electrons. The molecule has 0 aliphatic rings. The Hall–Kier alpha value is -2.01. The van der Waals surface area contributed by atoms with E-state index in [-0.39, 0.29) is 6.42 Å². The van der Waals surface area contributed by atoms with Crippen molar-refractivity contribution in [3.05, 3.63) is 41.0 Å². The second-order valence-electron chi connectivity index (χ2n) is 3.96. The van der Waals surface area contributed by atoms with E-state index >= 15 is 0 Å². The van der Waals surface area contributed by atoms with Crippen molar-refractivity contribution in [3.63, 3.8) is 0 Å². The van der Waals surface area contributed by atoms with Gasteiger partial charge in [-0.3, -0.25) is 4.79 Å². The van der Waals surface area contributed by atoms with Crippen LogP contribution in [0.2, 0.25) is 5.02 Å². The molecule has 0 amide bonds. The smallest absolute Gasteiger partial charge is 0.303 e. The van der Waals surface area contributed by atoms with Crippen molar-refractivity contribution in [3.8, 4) is 11.6 Å². The molecule has 0 fully saturated rings. The molecule has 0 saturated heterocycles. The van der Waals surface area contributed by atoms with E-state index in [0.717, 1.165) is 11.3 Å². The number of methoxy groups -OCH3 is 1. The number of nitrogens with zero attached hydrogens (tertiary/aromatic N) is 2. The first-order chi connectivity index (χ1) is 9.11. The predicted octanol–water partition coefficient (Wildman–Crippen LogP) is 2.55. The van der Waals surface area contributed by atoms with Crippen LogP contribution in [-0.4, -0.2) is 28.0 Å². The second-order valence-corrected chi connectivity index (χ2v) is 4.40. The summed E-state index contributed by atoms with van der Waals surface area (Å²) in [5.41, 5.74) is 1.57. The molecule has 0 bridgehead atoms. The first kappa shape index (κ1) is 13.4. The number of aryl methyl sites for hydroxylation is 1. The number of aliphatic carboxylic acids is 1. The molecule has 0 unspecified atom stereocenters. The Balaban J connectivity index is 2.31. The molecule has 0 atom stereocenters. The molecular formula is C13H13ClN2O3. The van der Waals surface area contributed by atoms with Crippen molar-refractivity contribution in [1.82, 2.24) is 9.78 Å². The highest BCUT2D eigenvalue weighted by Gasteiger charge is 2.13. The molecule has 1 aromatic heterocycles. The molecule has 19 heavy (non-hydrogen) atoms. The van der Waals surface area contributed by atoms with E-state index in [0.29, 0.717) is 17.3 Å². The molecule has 5 nitrogen and oxygen atoms in total. The van der Waals surface area contributed by atoms with Crippen molar-refractivity contribution in [2.45, 2.75) is 12.8 Å². The normalized spacial score (nSPS) is 10.4. The van der Waals surface area contributed by atoms with Gasteiger partial charge in [0.1, 0.15) is 0 Å². The molecule has 6 heteroatoms. The summed E-state index contributed by atoms with van der Waals surface area (Å²) in [4.78, 5) is 10.6. The zero-order chi connectivity index (χ0) is 13.8. The van der Waals surface area contributed by atoms with Crippen molar-refractivity contribution in [1.29, 1.82) is 0 Å². The minimum atomic E-state index is -0.846. The molecule has 0 aliphatic carbocycles. The maximum atomic E-state index is 10.6. The van der Waals surface area contributed by atoms with Crippen molar-refractivity contribution < 1.29 is 14.6 Å². The molecule has 0 aliphatic heterocycles. The number of benzene rings is 1. The maximum Gasteiger partial charge on any atom is 0.303 e. The van der Waals surface area contributed by atoms with Crippen molar-refractivity contribution in [2.24, 2.45) is 0 Å². The number of hydrogen-bond acceptors (Lipinski definition) is 3. The van der Waals surface area contributed by atoms with E-state index in [1.165, 1.54) is 7.11 Å². The molecule has 1 aromatic carbocycles. The number of carbonyl (C=O) groups is 1. The fourth-order valence-corrected chi connectivity index (χ4v) is 1.89. The van der Waals surface area contributed by atoms with Crippen LogP contribution in [0.3, 0.4) is 0 Å². The van der Waals surface area contributed by atoms with Crippen LogP contribution in [0.15, 0.2) is 30.5 Å². The van der Waals surface area contributed by atoms with Gasteiger partial charge in [0, 0.05) is 17.0 Å². The molecule has 0 spiro atoms. The van der Waals surface area contributed by atoms with Gasteiger partial charge in [-0.25, -0.2) is 4.68 Å². The van der Waals surface area contributed by atoms with Gasteiger partial charge >= 0.3 is 5.97 Å². The number of aromatic nitrogens is 2. The van der Waals surface area contributed by atoms with Crippen molar-refractivity contribution >= 4 is 17.6 Å². The summed E-state index contributed by atoms with van der Waals surface area (Å²) in [6.45, 7) is 0. The summed E-state index contributed by atoms with van der Waals surface area (Å²) in [6.07, 6.45) is 2.05. The molecule has 1 N–H and O–H groups in total. The van der Waals surface area contributed by atoms with Gasteiger partial charge in [0.25, 0.3) is 0 Å². The van der Waals surface area contributed by atoms with Crippen LogP contribution in [0.25, 0.3) is 5.69 Å². The minimum Gasteiger partial charge on any atom is -0.481 e. The Bertz CT molecular complexity index is 578. The molecule has 2 rings (SSSR count). The molecular weight excluding hydrogens is 268 g/mol. The molecule has 100 valence electrons. The Kier molecular flexibility index (Phi) is 4.06. The van der Waals surface area contributed by atoms with Crippen LogP contribution in [0.4, 0.5) is 0 Å². The SMILES string of the molecule is COc1c(CCC(=O)O)cnn1-c1ccc(Cl)cc1. The third-order valence-electron chi connectivity index (χ3n) is 2.67. The molecule has 2 aromatic rings. The van der Waals surface area contributed by atoms with Crippen LogP contribution in [-0.2, 0) is 11.2 Å². The monoisotopic (exact) mass is 280 g/mol. The van der Waals surface area contributed by atoms with Crippen LogP contribution < -0.4 is 4.74 Å². The van der Waals surface area contributed by atoms with Crippen molar-refractivity contribution in [2.75, 3.05) is 7.11 Å². The van der Waals surface area contributed by atoms with Gasteiger partial charge in [0.15, 0.2) is 0 Å². The minimum absolute atomic E-state index is 0.0443. The van der Waals surface area contributed by atoms with E-state index < -0.39 is 5.97 Å². The number of carboxylic acids is 1. The topological polar surface area (TPSA) is 64.3 Å². The van der Waals surface area contributed by atoms with E-state index in [4.69, 9.17) is 21.4 Å². The van der Waals surface area contributed by atoms with Gasteiger partial charge in [-0.1, -0.05) is 11.6 Å². The standard InChI is InChI=1S/C13H13ClN2O3/c1-19-13-9(2-7-12(17)18)8-15-16(13)11-5-3-10(14)4-6-11/h3-6,8H,2,7H2,1H3,(H,17,18). The van der Waals surface area contributed by atoms with Crippen LogP contribution in [0, 0.1) is 0 Å². The summed E-state index contributed by atoms with van der Waals surface area (Å²) in [5, 5.41) is 13.6. The Morgan fingerprint density at radius 1 is 1.42 bits per heavy atom. The first-order valence-electron chi connectivity index (χ1n) is 5.70. The summed E-state index contributed by atoms with van der Waals surface area (Å²) < 4.78 is 6.93. The first-order valence-corrected chi connectivity index (χ1v) is 6.08. The van der Waals surface area contributed by atoms with Gasteiger partial charge < -0.3 is 9.84 Å². The van der Waals surface area contributed by atoms with Gasteiger partial charge in [-0.05, 0) is 30.7 Å². The quantitative estimate of drug-likeness (QED) is 0.914. The number of carboxylic acid groups (broad SMARTS) is 1. The van der Waals surface area contributed by atoms with Crippen LogP contribution in [0.1, 0.15) is 12.0 Å². The van der Waals surface area contributed by atoms with E-state index in [9.17, 15) is 4.79 Å². The van der Waals surface area contributed by atoms with E-state index in [2.05, 4.69) is 5.10 Å². The lowest BCUT2D eigenvalue weighted by atomic mass is 10.2. The zero-order valence-electron chi connectivity index (χ0n) is 10.3. The second kappa shape index (κ2) is 5.75. The zero-order valence-corrected chi connectivity index (χ0v) is 11.1. The third-order valence-corrected chi connectivity index (χ3v) is 2.92. The summed E-state index contributed by atoms with van der Waals surface area (Å²) in [7, 11) is 1.54. The van der Waals surface area contributed by atoms with Crippen LogP contribution in [0.5, 0.6) is 5.88 Å². The third kappa shape index (κ3) is 3.06. The van der Waals surface area contributed by atoms with Crippen LogP contribution >= 0.6 is 11.6 Å². The van der Waals surface area contributed by atoms with Gasteiger partial charge in [-0.2, -0.15) is 5.10 Å². The highest BCUT2D eigenvalue weighted by atomic mass is 35.5. The maximum absolute atomic E-state index is 10.6. The van der Waals surface area contributed by atoms with Gasteiger partial charge in [0.05, 0.1) is 19.0 Å². The Morgan fingerprint density at radius 3 is 2.68 bits per heavy atom. The average molecular weight is 281 g/mol. The Labute approximate surface area is 115 Å². The lowest BCUT2D eigenvalue weighted by Crippen LogP contribution is -2.02. The molecule has 0 saturated carbocycles. The average Bonchev–Trinajstić information content (AvgIpc) is 2.80. The van der Waals surface area contributed by atoms with Gasteiger partial charge in [0.2, 0.25) is 5.88 Å².